The number of halogens is 1. The summed E-state index contributed by atoms with van der Waals surface area (Å²) < 4.78 is 35.8. The second-order valence-corrected chi connectivity index (χ2v) is 8.16. The summed E-state index contributed by atoms with van der Waals surface area (Å²) >= 11 is 0. The lowest BCUT2D eigenvalue weighted by molar-refractivity contribution is -0.137. The quantitative estimate of drug-likeness (QED) is 0.730. The van der Waals surface area contributed by atoms with Crippen molar-refractivity contribution in [2.24, 2.45) is 5.14 Å². The Labute approximate surface area is 166 Å². The molecule has 3 rings (SSSR count). The van der Waals surface area contributed by atoms with Gasteiger partial charge in [-0.25, -0.2) is 22.8 Å². The van der Waals surface area contributed by atoms with Gasteiger partial charge >= 0.3 is 0 Å². The minimum Gasteiger partial charge on any atom is -0.326 e. The van der Waals surface area contributed by atoms with Crippen LogP contribution in [0.2, 0.25) is 0 Å². The van der Waals surface area contributed by atoms with E-state index in [1.807, 2.05) is 0 Å². The van der Waals surface area contributed by atoms with Crippen LogP contribution in [0.3, 0.4) is 0 Å². The van der Waals surface area contributed by atoms with Gasteiger partial charge in [0.2, 0.25) is 21.8 Å². The molecule has 0 aliphatic carbocycles. The maximum Gasteiger partial charge on any atom is 0.257 e. The number of anilines is 1. The summed E-state index contributed by atoms with van der Waals surface area (Å²) in [6.45, 7) is 1.32. The highest BCUT2D eigenvalue weighted by Crippen LogP contribution is 2.27. The molecule has 0 spiro atoms. The molecule has 1 aliphatic heterocycles. The average molecular weight is 419 g/mol. The molecule has 1 aliphatic rings. The fraction of sp³-hybridized carbons (Fsp3) is 0.211. The van der Waals surface area contributed by atoms with Crippen LogP contribution in [0.4, 0.5) is 10.1 Å². The number of amides is 3. The van der Waals surface area contributed by atoms with Gasteiger partial charge in [-0.2, -0.15) is 0 Å². The minimum atomic E-state index is -3.91. The maximum atomic E-state index is 13.1. The molecule has 1 saturated heterocycles. The van der Waals surface area contributed by atoms with Gasteiger partial charge in [0.25, 0.3) is 5.91 Å². The van der Waals surface area contributed by atoms with E-state index < -0.39 is 39.6 Å². The van der Waals surface area contributed by atoms with E-state index >= 15 is 0 Å². The molecule has 1 heterocycles. The molecule has 0 aromatic heterocycles. The van der Waals surface area contributed by atoms with Crippen molar-refractivity contribution < 1.29 is 27.2 Å². The fourth-order valence-electron chi connectivity index (χ4n) is 3.14. The first-order valence-corrected chi connectivity index (χ1v) is 10.1. The van der Waals surface area contributed by atoms with Gasteiger partial charge in [0.05, 0.1) is 17.0 Å². The first-order valence-electron chi connectivity index (χ1n) is 8.59. The third kappa shape index (κ3) is 4.33. The molecule has 29 heavy (non-hydrogen) atoms. The molecule has 0 radical (unpaired) electrons. The summed E-state index contributed by atoms with van der Waals surface area (Å²) in [6.07, 6.45) is -0.212. The van der Waals surface area contributed by atoms with Crippen molar-refractivity contribution in [3.8, 4) is 0 Å². The molecule has 1 unspecified atom stereocenters. The van der Waals surface area contributed by atoms with Gasteiger partial charge in [-0.1, -0.05) is 12.1 Å². The van der Waals surface area contributed by atoms with Crippen molar-refractivity contribution in [1.29, 1.82) is 0 Å². The highest BCUT2D eigenvalue weighted by atomic mass is 32.2. The van der Waals surface area contributed by atoms with E-state index in [0.717, 1.165) is 4.90 Å². The largest absolute Gasteiger partial charge is 0.326 e. The Bertz CT molecular complexity index is 1070. The topological polar surface area (TPSA) is 118 Å². The Balaban J connectivity index is 1.85. The summed E-state index contributed by atoms with van der Waals surface area (Å²) in [7, 11) is -3.91. The molecule has 152 valence electrons. The third-order valence-corrected chi connectivity index (χ3v) is 5.52. The number of primary sulfonamides is 1. The van der Waals surface area contributed by atoms with Crippen LogP contribution in [0, 0.1) is 5.82 Å². The predicted molar refractivity (Wildman–Crippen MR) is 101 cm³/mol. The van der Waals surface area contributed by atoms with E-state index in [0.29, 0.717) is 5.56 Å². The normalized spacial score (nSPS) is 16.9. The zero-order valence-corrected chi connectivity index (χ0v) is 16.2. The van der Waals surface area contributed by atoms with Crippen LogP contribution < -0.4 is 10.0 Å². The van der Waals surface area contributed by atoms with E-state index in [1.54, 1.807) is 0 Å². The number of hydrogen-bond acceptors (Lipinski definition) is 5. The zero-order chi connectivity index (χ0) is 21.3. The molecular formula is C19H18FN3O5S. The van der Waals surface area contributed by atoms with Gasteiger partial charge < -0.3 is 4.90 Å². The third-order valence-electron chi connectivity index (χ3n) is 4.59. The lowest BCUT2D eigenvalue weighted by Crippen LogP contribution is -2.44. The van der Waals surface area contributed by atoms with Gasteiger partial charge in [-0.3, -0.25) is 14.4 Å². The number of nitrogens with two attached hydrogens (primary N) is 1. The minimum absolute atomic E-state index is 0.0392. The molecule has 0 saturated carbocycles. The van der Waals surface area contributed by atoms with E-state index in [2.05, 4.69) is 0 Å². The van der Waals surface area contributed by atoms with Gasteiger partial charge in [-0.15, -0.1) is 0 Å². The number of benzene rings is 2. The Morgan fingerprint density at radius 3 is 2.24 bits per heavy atom. The van der Waals surface area contributed by atoms with Crippen molar-refractivity contribution in [3.63, 3.8) is 0 Å². The first-order chi connectivity index (χ1) is 13.6. The van der Waals surface area contributed by atoms with Crippen molar-refractivity contribution in [2.75, 3.05) is 4.90 Å². The zero-order valence-electron chi connectivity index (χ0n) is 15.4. The molecule has 3 amide bonds. The number of carbonyl (C=O) groups excluding carboxylic acids is 3. The van der Waals surface area contributed by atoms with Gasteiger partial charge in [0.1, 0.15) is 11.9 Å². The summed E-state index contributed by atoms with van der Waals surface area (Å²) in [4.78, 5) is 39.5. The summed E-state index contributed by atoms with van der Waals surface area (Å²) in [5.74, 6) is -1.96. The number of carbonyl (C=O) groups is 3. The molecule has 2 aromatic carbocycles. The van der Waals surface area contributed by atoms with E-state index in [4.69, 9.17) is 5.14 Å². The predicted octanol–water partition coefficient (Wildman–Crippen LogP) is 1.15. The Hall–Kier alpha value is -3.11. The Kier molecular flexibility index (Phi) is 5.49. The molecule has 2 N–H and O–H groups in total. The first kappa shape index (κ1) is 20.6. The molecule has 10 heteroatoms. The van der Waals surface area contributed by atoms with Gasteiger partial charge in [-0.05, 0) is 42.0 Å². The fourth-order valence-corrected chi connectivity index (χ4v) is 3.66. The summed E-state index contributed by atoms with van der Waals surface area (Å²) in [5.41, 5.74) is 0.790. The van der Waals surface area contributed by atoms with Gasteiger partial charge in [0, 0.05) is 13.5 Å². The summed E-state index contributed by atoms with van der Waals surface area (Å²) in [5, 5.41) is 5.05. The lowest BCUT2D eigenvalue weighted by Gasteiger charge is -2.26. The lowest BCUT2D eigenvalue weighted by atomic mass is 10.1. The number of hydrogen-bond donors (Lipinski definition) is 1. The van der Waals surface area contributed by atoms with Crippen LogP contribution >= 0.6 is 0 Å². The number of imide groups is 1. The van der Waals surface area contributed by atoms with Crippen LogP contribution in [-0.2, 0) is 31.0 Å². The van der Waals surface area contributed by atoms with Crippen LogP contribution in [0.1, 0.15) is 18.9 Å². The second kappa shape index (κ2) is 7.72. The highest BCUT2D eigenvalue weighted by molar-refractivity contribution is 7.89. The van der Waals surface area contributed by atoms with Crippen molar-refractivity contribution in [2.45, 2.75) is 30.8 Å². The second-order valence-electron chi connectivity index (χ2n) is 6.60. The number of sulfonamides is 1. The highest BCUT2D eigenvalue weighted by Gasteiger charge is 2.43. The smallest absolute Gasteiger partial charge is 0.257 e. The van der Waals surface area contributed by atoms with Crippen LogP contribution in [-0.4, -0.2) is 37.1 Å². The van der Waals surface area contributed by atoms with Crippen LogP contribution in [0.5, 0.6) is 0 Å². The Morgan fingerprint density at radius 2 is 1.72 bits per heavy atom. The maximum absolute atomic E-state index is 13.1. The van der Waals surface area contributed by atoms with Crippen molar-refractivity contribution in [1.82, 2.24) is 4.90 Å². The number of nitrogens with zero attached hydrogens (tertiary/aromatic N) is 2. The molecule has 2 aromatic rings. The standard InChI is InChI=1S/C19H18FN3O5S/c1-12(24)22(11-13-2-4-14(20)5-3-13)17-10-18(25)23(19(17)26)15-6-8-16(9-7-15)29(21,27)28/h2-9,17H,10-11H2,1H3,(H2,21,27,28). The molecule has 0 bridgehead atoms. The monoisotopic (exact) mass is 419 g/mol. The van der Waals surface area contributed by atoms with Crippen molar-refractivity contribution in [3.05, 3.63) is 59.9 Å². The number of rotatable bonds is 5. The van der Waals surface area contributed by atoms with E-state index in [9.17, 15) is 27.2 Å². The molecule has 8 nitrogen and oxygen atoms in total. The van der Waals surface area contributed by atoms with E-state index in [1.165, 1.54) is 60.4 Å². The summed E-state index contributed by atoms with van der Waals surface area (Å²) in [6, 6.07) is 9.46. The van der Waals surface area contributed by atoms with Crippen molar-refractivity contribution >= 4 is 33.4 Å². The SMILES string of the molecule is CC(=O)N(Cc1ccc(F)cc1)C1CC(=O)N(c2ccc(S(N)(=O)=O)cc2)C1=O. The van der Waals surface area contributed by atoms with Crippen LogP contribution in [0.15, 0.2) is 53.4 Å². The molecule has 1 fully saturated rings. The van der Waals surface area contributed by atoms with Gasteiger partial charge in [0.15, 0.2) is 0 Å². The molecular weight excluding hydrogens is 401 g/mol. The van der Waals surface area contributed by atoms with Crippen LogP contribution in [0.25, 0.3) is 0 Å². The Morgan fingerprint density at radius 1 is 1.14 bits per heavy atom. The van der Waals surface area contributed by atoms with E-state index in [-0.39, 0.29) is 23.5 Å². The molecule has 1 atom stereocenters. The average Bonchev–Trinajstić information content (AvgIpc) is 2.94.